The maximum atomic E-state index is 12.6. The first-order valence-electron chi connectivity index (χ1n) is 7.52. The molecular formula is C15H18N4O3S. The van der Waals surface area contributed by atoms with Gasteiger partial charge in [-0.25, -0.2) is 9.78 Å². The second-order valence-corrected chi connectivity index (χ2v) is 7.17. The Labute approximate surface area is 136 Å². The molecule has 1 aliphatic heterocycles. The summed E-state index contributed by atoms with van der Waals surface area (Å²) < 4.78 is 0. The number of thiazole rings is 1. The van der Waals surface area contributed by atoms with Crippen molar-refractivity contribution in [1.82, 2.24) is 19.9 Å². The first-order chi connectivity index (χ1) is 10.9. The van der Waals surface area contributed by atoms with Crippen LogP contribution in [0, 0.1) is 5.92 Å². The molecule has 2 N–H and O–H groups in total. The smallest absolute Gasteiger partial charge is 0.325 e. The number of nitrogens with zero attached hydrogens (tertiary/aromatic N) is 2. The van der Waals surface area contributed by atoms with E-state index < -0.39 is 5.69 Å². The van der Waals surface area contributed by atoms with Crippen molar-refractivity contribution in [3.05, 3.63) is 48.2 Å². The van der Waals surface area contributed by atoms with Crippen molar-refractivity contribution in [2.75, 3.05) is 6.54 Å². The largest absolute Gasteiger partial charge is 0.332 e. The van der Waals surface area contributed by atoms with E-state index in [1.165, 1.54) is 11.3 Å². The van der Waals surface area contributed by atoms with Crippen LogP contribution in [-0.4, -0.2) is 32.3 Å². The van der Waals surface area contributed by atoms with E-state index >= 15 is 0 Å². The Kier molecular flexibility index (Phi) is 4.16. The molecule has 2 aromatic rings. The number of aromatic amines is 2. The molecule has 0 aromatic carbocycles. The Morgan fingerprint density at radius 3 is 2.91 bits per heavy atom. The zero-order valence-electron chi connectivity index (χ0n) is 13.0. The summed E-state index contributed by atoms with van der Waals surface area (Å²) in [5.41, 5.74) is 0.164. The van der Waals surface area contributed by atoms with Gasteiger partial charge in [0.15, 0.2) is 0 Å². The Bertz CT molecular complexity index is 849. The van der Waals surface area contributed by atoms with E-state index in [0.29, 0.717) is 35.0 Å². The highest BCUT2D eigenvalue weighted by Crippen LogP contribution is 2.21. The van der Waals surface area contributed by atoms with Gasteiger partial charge in [-0.05, 0) is 12.3 Å². The number of hydrogen-bond donors (Lipinski definition) is 2. The minimum Gasteiger partial charge on any atom is -0.332 e. The molecule has 3 rings (SSSR count). The van der Waals surface area contributed by atoms with Crippen molar-refractivity contribution in [3.63, 3.8) is 0 Å². The minimum atomic E-state index is -0.542. The molecule has 0 radical (unpaired) electrons. The van der Waals surface area contributed by atoms with Crippen molar-refractivity contribution in [1.29, 1.82) is 0 Å². The molecule has 3 heterocycles. The summed E-state index contributed by atoms with van der Waals surface area (Å²) in [6.07, 6.45) is 2.90. The van der Waals surface area contributed by atoms with Gasteiger partial charge in [-0.3, -0.25) is 14.6 Å². The normalized spacial score (nSPS) is 14.1. The molecule has 23 heavy (non-hydrogen) atoms. The first-order valence-corrected chi connectivity index (χ1v) is 8.34. The van der Waals surface area contributed by atoms with Crippen molar-refractivity contribution >= 4 is 17.2 Å². The number of carbonyl (C=O) groups is 1. The van der Waals surface area contributed by atoms with Gasteiger partial charge < -0.3 is 9.88 Å². The summed E-state index contributed by atoms with van der Waals surface area (Å²) in [7, 11) is 0. The lowest BCUT2D eigenvalue weighted by Gasteiger charge is -2.27. The molecule has 0 spiro atoms. The molecule has 0 fully saturated rings. The predicted molar refractivity (Wildman–Crippen MR) is 86.8 cm³/mol. The fraction of sp³-hybridized carbons (Fsp3) is 0.467. The van der Waals surface area contributed by atoms with E-state index in [4.69, 9.17) is 0 Å². The van der Waals surface area contributed by atoms with Crippen LogP contribution < -0.4 is 11.2 Å². The van der Waals surface area contributed by atoms with Gasteiger partial charge in [-0.15, -0.1) is 11.3 Å². The molecule has 0 aliphatic carbocycles. The molecule has 2 aromatic heterocycles. The average molecular weight is 334 g/mol. The average Bonchev–Trinajstić information content (AvgIpc) is 2.93. The molecule has 0 saturated carbocycles. The summed E-state index contributed by atoms with van der Waals surface area (Å²) in [5, 5.41) is 0.950. The lowest BCUT2D eigenvalue weighted by atomic mass is 10.1. The van der Waals surface area contributed by atoms with E-state index in [1.807, 2.05) is 0 Å². The number of H-pyrrole nitrogens is 2. The second kappa shape index (κ2) is 6.11. The molecule has 1 aliphatic rings. The number of carbonyl (C=O) groups excluding carboxylic acids is 1. The number of fused-ring (bicyclic) bond motifs is 1. The van der Waals surface area contributed by atoms with Crippen LogP contribution in [0.25, 0.3) is 0 Å². The third kappa shape index (κ3) is 3.26. The van der Waals surface area contributed by atoms with Crippen LogP contribution >= 0.6 is 11.3 Å². The van der Waals surface area contributed by atoms with Crippen LogP contribution in [0.2, 0.25) is 0 Å². The zero-order valence-corrected chi connectivity index (χ0v) is 13.8. The van der Waals surface area contributed by atoms with E-state index in [2.05, 4.69) is 28.8 Å². The van der Waals surface area contributed by atoms with E-state index in [1.54, 1.807) is 11.1 Å². The van der Waals surface area contributed by atoms with E-state index in [9.17, 15) is 14.4 Å². The summed E-state index contributed by atoms with van der Waals surface area (Å²) >= 11 is 1.41. The Hall–Kier alpha value is -2.22. The van der Waals surface area contributed by atoms with Gasteiger partial charge in [0.05, 0.1) is 17.7 Å². The highest BCUT2D eigenvalue weighted by atomic mass is 32.1. The van der Waals surface area contributed by atoms with Gasteiger partial charge in [0.2, 0.25) is 0 Å². The van der Waals surface area contributed by atoms with E-state index in [-0.39, 0.29) is 18.0 Å². The number of hydrogen-bond acceptors (Lipinski definition) is 5. The molecule has 0 bridgehead atoms. The maximum Gasteiger partial charge on any atom is 0.325 e. The predicted octanol–water partition coefficient (Wildman–Crippen LogP) is 0.917. The second-order valence-electron chi connectivity index (χ2n) is 6.06. The molecule has 8 heteroatoms. The monoisotopic (exact) mass is 334 g/mol. The van der Waals surface area contributed by atoms with Gasteiger partial charge in [-0.2, -0.15) is 0 Å². The van der Waals surface area contributed by atoms with Gasteiger partial charge in [0.1, 0.15) is 4.88 Å². The number of rotatable bonds is 3. The lowest BCUT2D eigenvalue weighted by molar-refractivity contribution is 0.0735. The minimum absolute atomic E-state index is 0.107. The summed E-state index contributed by atoms with van der Waals surface area (Å²) in [6, 6.07) is 0. The standard InChI is InChI=1S/C15H18N4O3S/c1-8(2)5-12-16-6-11(23-12)14(21)19-4-3-9-10(7-19)17-15(22)18-13(9)20/h6,8H,3-5,7H2,1-2H3,(H2,17,18,20,22). The molecule has 122 valence electrons. The fourth-order valence-corrected chi connectivity index (χ4v) is 3.76. The summed E-state index contributed by atoms with van der Waals surface area (Å²) in [5.74, 6) is 0.382. The number of amides is 1. The maximum absolute atomic E-state index is 12.6. The Morgan fingerprint density at radius 2 is 2.17 bits per heavy atom. The third-order valence-electron chi connectivity index (χ3n) is 3.74. The van der Waals surface area contributed by atoms with Crippen molar-refractivity contribution in [3.8, 4) is 0 Å². The number of aromatic nitrogens is 3. The molecule has 0 atom stereocenters. The van der Waals surface area contributed by atoms with Crippen LogP contribution in [0.5, 0.6) is 0 Å². The van der Waals surface area contributed by atoms with Gasteiger partial charge in [0.25, 0.3) is 11.5 Å². The van der Waals surface area contributed by atoms with Crippen LogP contribution in [0.4, 0.5) is 0 Å². The summed E-state index contributed by atoms with van der Waals surface area (Å²) in [6.45, 7) is 4.92. The zero-order chi connectivity index (χ0) is 16.6. The Morgan fingerprint density at radius 1 is 1.39 bits per heavy atom. The Balaban J connectivity index is 1.80. The molecule has 7 nitrogen and oxygen atoms in total. The molecular weight excluding hydrogens is 316 g/mol. The van der Waals surface area contributed by atoms with E-state index in [0.717, 1.165) is 11.4 Å². The van der Waals surface area contributed by atoms with Crippen LogP contribution in [-0.2, 0) is 19.4 Å². The van der Waals surface area contributed by atoms with Gasteiger partial charge in [-0.1, -0.05) is 13.8 Å². The highest BCUT2D eigenvalue weighted by molar-refractivity contribution is 7.13. The van der Waals surface area contributed by atoms with Crippen molar-refractivity contribution in [2.45, 2.75) is 33.2 Å². The van der Waals surface area contributed by atoms with Gasteiger partial charge in [0, 0.05) is 24.2 Å². The quantitative estimate of drug-likeness (QED) is 0.872. The van der Waals surface area contributed by atoms with Crippen LogP contribution in [0.1, 0.15) is 39.8 Å². The topological polar surface area (TPSA) is 98.9 Å². The van der Waals surface area contributed by atoms with Crippen LogP contribution in [0.3, 0.4) is 0 Å². The number of nitrogens with one attached hydrogen (secondary N) is 2. The highest BCUT2D eigenvalue weighted by Gasteiger charge is 2.25. The lowest BCUT2D eigenvalue weighted by Crippen LogP contribution is -2.41. The third-order valence-corrected chi connectivity index (χ3v) is 4.75. The first kappa shape index (κ1) is 15.7. The molecule has 0 unspecified atom stereocenters. The fourth-order valence-electron chi connectivity index (χ4n) is 2.66. The SMILES string of the molecule is CC(C)Cc1ncc(C(=O)N2CCc3c([nH]c(=O)[nH]c3=O)C2)s1. The molecule has 0 saturated heterocycles. The van der Waals surface area contributed by atoms with Crippen molar-refractivity contribution < 1.29 is 4.79 Å². The summed E-state index contributed by atoms with van der Waals surface area (Å²) in [4.78, 5) is 47.1. The van der Waals surface area contributed by atoms with Crippen LogP contribution in [0.15, 0.2) is 15.8 Å². The van der Waals surface area contributed by atoms with Gasteiger partial charge >= 0.3 is 5.69 Å². The van der Waals surface area contributed by atoms with Crippen molar-refractivity contribution in [2.24, 2.45) is 5.92 Å². The molecule has 1 amide bonds.